The molecule has 1 aliphatic heterocycles. The smallest absolute Gasteiger partial charge is 0.122 e. The molecule has 1 N–H and O–H groups in total. The summed E-state index contributed by atoms with van der Waals surface area (Å²) in [6.07, 6.45) is 5.15. The Kier molecular flexibility index (Phi) is 1.44. The minimum Gasteiger partial charge on any atom is -0.185 e. The van der Waals surface area contributed by atoms with Crippen LogP contribution in [-0.4, -0.2) is 12.8 Å². The summed E-state index contributed by atoms with van der Waals surface area (Å²) in [5.74, 6) is 0. The van der Waals surface area contributed by atoms with E-state index in [9.17, 15) is 0 Å². The highest BCUT2D eigenvalue weighted by atomic mass is 15.4. The summed E-state index contributed by atoms with van der Waals surface area (Å²) in [5, 5.41) is 5.36. The van der Waals surface area contributed by atoms with Crippen LogP contribution in [0, 0.1) is 0 Å². The lowest BCUT2D eigenvalue weighted by molar-refractivity contribution is -0.829. The molecule has 1 heterocycles. The molecular formula is C6H11N2+. The molecule has 0 fully saturated rings. The van der Waals surface area contributed by atoms with Gasteiger partial charge in [0.2, 0.25) is 0 Å². The van der Waals surface area contributed by atoms with Crippen molar-refractivity contribution < 1.29 is 5.01 Å². The fraction of sp³-hybridized carbons (Fsp3) is 0.500. The zero-order valence-corrected chi connectivity index (χ0v) is 5.31. The van der Waals surface area contributed by atoms with E-state index in [-0.39, 0.29) is 0 Å². The summed E-state index contributed by atoms with van der Waals surface area (Å²) in [7, 11) is 2.01. The Bertz CT molecular complexity index is 135. The highest BCUT2D eigenvalue weighted by Crippen LogP contribution is 1.86. The topological polar surface area (TPSA) is 16.8 Å². The molecule has 8 heavy (non-hydrogen) atoms. The van der Waals surface area contributed by atoms with Gasteiger partial charge in [-0.05, 0) is 6.42 Å². The van der Waals surface area contributed by atoms with E-state index in [0.717, 1.165) is 11.4 Å². The second kappa shape index (κ2) is 2.09. The summed E-state index contributed by atoms with van der Waals surface area (Å²) >= 11 is 0. The molecule has 0 aromatic carbocycles. The van der Waals surface area contributed by atoms with Crippen molar-refractivity contribution >= 4 is 5.71 Å². The zero-order chi connectivity index (χ0) is 5.98. The van der Waals surface area contributed by atoms with Crippen LogP contribution in [0.5, 0.6) is 0 Å². The molecule has 2 heteroatoms. The van der Waals surface area contributed by atoms with E-state index in [0.29, 0.717) is 0 Å². The van der Waals surface area contributed by atoms with Gasteiger partial charge >= 0.3 is 0 Å². The maximum absolute atomic E-state index is 4.23. The monoisotopic (exact) mass is 111 g/mol. The first-order valence-electron chi connectivity index (χ1n) is 2.92. The van der Waals surface area contributed by atoms with Gasteiger partial charge in [0.05, 0.1) is 7.05 Å². The normalized spacial score (nSPS) is 26.2. The average molecular weight is 111 g/mol. The second-order valence-corrected chi connectivity index (χ2v) is 1.93. The molecule has 1 unspecified atom stereocenters. The number of hydrogen-bond donors (Lipinski definition) is 1. The third kappa shape index (κ3) is 0.954. The van der Waals surface area contributed by atoms with Crippen LogP contribution in [-0.2, 0) is 0 Å². The van der Waals surface area contributed by atoms with E-state index in [1.807, 2.05) is 13.2 Å². The van der Waals surface area contributed by atoms with Crippen molar-refractivity contribution in [2.45, 2.75) is 13.3 Å². The van der Waals surface area contributed by atoms with E-state index >= 15 is 0 Å². The SMILES string of the molecule is CCC1=N[NH+](C)C=C1. The van der Waals surface area contributed by atoms with Gasteiger partial charge in [-0.15, -0.1) is 0 Å². The first-order chi connectivity index (χ1) is 3.83. The second-order valence-electron chi connectivity index (χ2n) is 1.93. The van der Waals surface area contributed by atoms with Crippen LogP contribution in [0.25, 0.3) is 0 Å². The largest absolute Gasteiger partial charge is 0.185 e. The average Bonchev–Trinajstić information content (AvgIpc) is 2.14. The van der Waals surface area contributed by atoms with Crippen molar-refractivity contribution in [1.82, 2.24) is 0 Å². The van der Waals surface area contributed by atoms with Gasteiger partial charge in [-0.2, -0.15) is 5.01 Å². The molecule has 0 saturated carbocycles. The van der Waals surface area contributed by atoms with Crippen LogP contribution in [0.2, 0.25) is 0 Å². The number of rotatable bonds is 1. The molecule has 0 aromatic heterocycles. The van der Waals surface area contributed by atoms with Crippen molar-refractivity contribution in [1.29, 1.82) is 0 Å². The fourth-order valence-corrected chi connectivity index (χ4v) is 0.715. The Balaban J connectivity index is 2.58. The van der Waals surface area contributed by atoms with Crippen molar-refractivity contribution in [3.05, 3.63) is 12.3 Å². The van der Waals surface area contributed by atoms with Gasteiger partial charge in [0, 0.05) is 6.08 Å². The molecule has 0 aromatic rings. The summed E-state index contributed by atoms with van der Waals surface area (Å²) in [4.78, 5) is 0. The lowest BCUT2D eigenvalue weighted by Gasteiger charge is -1.89. The quantitative estimate of drug-likeness (QED) is 0.482. The summed E-state index contributed by atoms with van der Waals surface area (Å²) in [6.45, 7) is 2.11. The Labute approximate surface area is 49.5 Å². The highest BCUT2D eigenvalue weighted by Gasteiger charge is 2.03. The highest BCUT2D eigenvalue weighted by molar-refractivity contribution is 5.94. The predicted octanol–water partition coefficient (Wildman–Crippen LogP) is -0.206. The van der Waals surface area contributed by atoms with Gasteiger partial charge in [-0.25, -0.2) is 0 Å². The molecule has 0 radical (unpaired) electrons. The van der Waals surface area contributed by atoms with E-state index in [4.69, 9.17) is 0 Å². The third-order valence-electron chi connectivity index (χ3n) is 1.20. The van der Waals surface area contributed by atoms with Crippen LogP contribution in [0.3, 0.4) is 0 Å². The first kappa shape index (κ1) is 5.51. The maximum Gasteiger partial charge on any atom is 0.122 e. The molecule has 0 amide bonds. The minimum absolute atomic E-state index is 1.05. The lowest BCUT2D eigenvalue weighted by Crippen LogP contribution is -2.98. The van der Waals surface area contributed by atoms with Crippen LogP contribution in [0.4, 0.5) is 0 Å². The van der Waals surface area contributed by atoms with Crippen molar-refractivity contribution in [2.24, 2.45) is 5.10 Å². The molecule has 0 bridgehead atoms. The molecular weight excluding hydrogens is 100 g/mol. The maximum atomic E-state index is 4.23. The first-order valence-corrected chi connectivity index (χ1v) is 2.92. The number of nitrogens with zero attached hydrogens (tertiary/aromatic N) is 1. The Hall–Kier alpha value is -0.630. The predicted molar refractivity (Wildman–Crippen MR) is 33.8 cm³/mol. The number of allylic oxidation sites excluding steroid dienone is 1. The van der Waals surface area contributed by atoms with E-state index in [2.05, 4.69) is 18.1 Å². The van der Waals surface area contributed by atoms with Crippen LogP contribution in [0.1, 0.15) is 13.3 Å². The molecule has 0 saturated heterocycles. The summed E-state index contributed by atoms with van der Waals surface area (Å²) < 4.78 is 0. The van der Waals surface area contributed by atoms with Crippen LogP contribution >= 0.6 is 0 Å². The lowest BCUT2D eigenvalue weighted by atomic mass is 10.3. The molecule has 1 aliphatic rings. The zero-order valence-electron chi connectivity index (χ0n) is 5.31. The van der Waals surface area contributed by atoms with Crippen molar-refractivity contribution in [3.63, 3.8) is 0 Å². The Morgan fingerprint density at radius 3 is 2.75 bits per heavy atom. The molecule has 0 spiro atoms. The van der Waals surface area contributed by atoms with Gasteiger partial charge in [0.15, 0.2) is 0 Å². The molecule has 1 atom stereocenters. The van der Waals surface area contributed by atoms with E-state index < -0.39 is 0 Å². The van der Waals surface area contributed by atoms with Crippen LogP contribution in [0.15, 0.2) is 17.4 Å². The van der Waals surface area contributed by atoms with Gasteiger partial charge in [0.25, 0.3) is 0 Å². The van der Waals surface area contributed by atoms with Gasteiger partial charge in [0.1, 0.15) is 11.9 Å². The Morgan fingerprint density at radius 1 is 1.75 bits per heavy atom. The summed E-state index contributed by atoms with van der Waals surface area (Å²) in [6, 6.07) is 0. The van der Waals surface area contributed by atoms with E-state index in [1.54, 1.807) is 0 Å². The Morgan fingerprint density at radius 2 is 2.50 bits per heavy atom. The number of quaternary nitrogens is 1. The van der Waals surface area contributed by atoms with Gasteiger partial charge < -0.3 is 0 Å². The fourth-order valence-electron chi connectivity index (χ4n) is 0.715. The molecule has 2 nitrogen and oxygen atoms in total. The minimum atomic E-state index is 1.05. The standard InChI is InChI=1S/C6H10N2/c1-3-6-4-5-8(2)7-6/h4-5H,3H2,1-2H3/p+1. The molecule has 0 aliphatic carbocycles. The van der Waals surface area contributed by atoms with Gasteiger partial charge in [-0.1, -0.05) is 12.0 Å². The van der Waals surface area contributed by atoms with Crippen LogP contribution < -0.4 is 5.01 Å². The molecule has 44 valence electrons. The summed E-state index contributed by atoms with van der Waals surface area (Å²) in [5.41, 5.74) is 1.20. The molecule has 1 rings (SSSR count). The number of hydrogen-bond acceptors (Lipinski definition) is 1. The van der Waals surface area contributed by atoms with Gasteiger partial charge in [-0.3, -0.25) is 0 Å². The van der Waals surface area contributed by atoms with Crippen molar-refractivity contribution in [2.75, 3.05) is 7.05 Å². The number of nitrogens with one attached hydrogen (secondary N) is 1. The third-order valence-corrected chi connectivity index (χ3v) is 1.20. The van der Waals surface area contributed by atoms with E-state index in [1.165, 1.54) is 5.71 Å². The van der Waals surface area contributed by atoms with Crippen molar-refractivity contribution in [3.8, 4) is 0 Å².